The summed E-state index contributed by atoms with van der Waals surface area (Å²) >= 11 is 0. The first-order valence-corrected chi connectivity index (χ1v) is 5.97. The molecular formula is C11H17N3O3. The molecule has 6 heteroatoms. The second-order valence-corrected chi connectivity index (χ2v) is 4.56. The zero-order chi connectivity index (χ0) is 12.4. The van der Waals surface area contributed by atoms with Crippen LogP contribution in [0.3, 0.4) is 0 Å². The van der Waals surface area contributed by atoms with Crippen molar-refractivity contribution in [1.29, 1.82) is 0 Å². The van der Waals surface area contributed by atoms with Crippen molar-refractivity contribution in [3.63, 3.8) is 0 Å². The first-order valence-electron chi connectivity index (χ1n) is 5.97. The molecule has 0 radical (unpaired) electrons. The molecule has 2 N–H and O–H groups in total. The zero-order valence-electron chi connectivity index (χ0n) is 9.86. The minimum atomic E-state index is -0.566. The summed E-state index contributed by atoms with van der Waals surface area (Å²) in [7, 11) is 0. The van der Waals surface area contributed by atoms with Crippen LogP contribution in [0.25, 0.3) is 0 Å². The van der Waals surface area contributed by atoms with Gasteiger partial charge in [0.25, 0.3) is 0 Å². The Morgan fingerprint density at radius 2 is 2.12 bits per heavy atom. The highest BCUT2D eigenvalue weighted by molar-refractivity contribution is 6.04. The lowest BCUT2D eigenvalue weighted by Gasteiger charge is -2.35. The standard InChI is InChI=1S/C11H17N3O3/c1-7-10(16)13-9(15)6-14(7)11(17)8-4-2-3-5-12-8/h7-8,12H,2-6H2,1H3,(H,13,15,16). The third-order valence-electron chi connectivity index (χ3n) is 3.32. The van der Waals surface area contributed by atoms with Crippen LogP contribution in [0.1, 0.15) is 26.2 Å². The molecule has 2 unspecified atom stereocenters. The van der Waals surface area contributed by atoms with Crippen LogP contribution >= 0.6 is 0 Å². The van der Waals surface area contributed by atoms with Gasteiger partial charge in [0.05, 0.1) is 6.04 Å². The number of nitrogens with one attached hydrogen (secondary N) is 2. The fourth-order valence-electron chi connectivity index (χ4n) is 2.25. The molecule has 0 bridgehead atoms. The van der Waals surface area contributed by atoms with Gasteiger partial charge in [0.1, 0.15) is 12.6 Å². The molecule has 0 aliphatic carbocycles. The number of amides is 3. The van der Waals surface area contributed by atoms with Crippen molar-refractivity contribution in [2.45, 2.75) is 38.3 Å². The molecule has 2 heterocycles. The Labute approximate surface area is 99.7 Å². The maximum absolute atomic E-state index is 12.2. The number of piperidine rings is 1. The number of hydrogen-bond acceptors (Lipinski definition) is 4. The summed E-state index contributed by atoms with van der Waals surface area (Å²) < 4.78 is 0. The number of piperazine rings is 1. The van der Waals surface area contributed by atoms with E-state index < -0.39 is 17.9 Å². The second-order valence-electron chi connectivity index (χ2n) is 4.56. The van der Waals surface area contributed by atoms with Gasteiger partial charge in [0, 0.05) is 0 Å². The summed E-state index contributed by atoms with van der Waals surface area (Å²) in [5.41, 5.74) is 0. The summed E-state index contributed by atoms with van der Waals surface area (Å²) in [5.74, 6) is -0.942. The van der Waals surface area contributed by atoms with Crippen LogP contribution in [0.15, 0.2) is 0 Å². The third-order valence-corrected chi connectivity index (χ3v) is 3.32. The van der Waals surface area contributed by atoms with Gasteiger partial charge < -0.3 is 10.2 Å². The number of rotatable bonds is 1. The number of carbonyl (C=O) groups excluding carboxylic acids is 3. The molecule has 2 atom stereocenters. The topological polar surface area (TPSA) is 78.5 Å². The largest absolute Gasteiger partial charge is 0.320 e. The summed E-state index contributed by atoms with van der Waals surface area (Å²) in [6, 6.07) is -0.811. The minimum Gasteiger partial charge on any atom is -0.320 e. The fourth-order valence-corrected chi connectivity index (χ4v) is 2.25. The van der Waals surface area contributed by atoms with Gasteiger partial charge in [0.2, 0.25) is 17.7 Å². The third kappa shape index (κ3) is 2.46. The minimum absolute atomic E-state index is 0.0239. The van der Waals surface area contributed by atoms with E-state index in [2.05, 4.69) is 10.6 Å². The zero-order valence-corrected chi connectivity index (χ0v) is 9.86. The van der Waals surface area contributed by atoms with Crippen LogP contribution in [0.4, 0.5) is 0 Å². The summed E-state index contributed by atoms with van der Waals surface area (Å²) in [5, 5.41) is 5.36. The van der Waals surface area contributed by atoms with Crippen molar-refractivity contribution >= 4 is 17.7 Å². The molecule has 0 spiro atoms. The molecule has 17 heavy (non-hydrogen) atoms. The lowest BCUT2D eigenvalue weighted by molar-refractivity contribution is -0.150. The van der Waals surface area contributed by atoms with Gasteiger partial charge >= 0.3 is 0 Å². The molecule has 0 saturated carbocycles. The van der Waals surface area contributed by atoms with E-state index >= 15 is 0 Å². The van der Waals surface area contributed by atoms with E-state index in [-0.39, 0.29) is 18.5 Å². The molecule has 2 rings (SSSR count). The van der Waals surface area contributed by atoms with Gasteiger partial charge in [0.15, 0.2) is 0 Å². The van der Waals surface area contributed by atoms with Gasteiger partial charge in [-0.15, -0.1) is 0 Å². The maximum Gasteiger partial charge on any atom is 0.249 e. The molecule has 94 valence electrons. The lowest BCUT2D eigenvalue weighted by atomic mass is 10.0. The van der Waals surface area contributed by atoms with Crippen molar-refractivity contribution < 1.29 is 14.4 Å². The molecule has 2 fully saturated rings. The lowest BCUT2D eigenvalue weighted by Crippen LogP contribution is -2.62. The Balaban J connectivity index is 2.06. The van der Waals surface area contributed by atoms with E-state index in [9.17, 15) is 14.4 Å². The number of carbonyl (C=O) groups is 3. The van der Waals surface area contributed by atoms with Crippen molar-refractivity contribution in [3.05, 3.63) is 0 Å². The predicted octanol–water partition coefficient (Wildman–Crippen LogP) is -0.998. The highest BCUT2D eigenvalue weighted by atomic mass is 16.2. The molecule has 3 amide bonds. The highest BCUT2D eigenvalue weighted by Crippen LogP contribution is 2.13. The quantitative estimate of drug-likeness (QED) is 0.575. The van der Waals surface area contributed by atoms with Crippen molar-refractivity contribution in [3.8, 4) is 0 Å². The monoisotopic (exact) mass is 239 g/mol. The van der Waals surface area contributed by atoms with E-state index in [0.29, 0.717) is 0 Å². The first-order chi connectivity index (χ1) is 8.09. The average Bonchev–Trinajstić information content (AvgIpc) is 2.34. The van der Waals surface area contributed by atoms with Crippen LogP contribution in [-0.2, 0) is 14.4 Å². The van der Waals surface area contributed by atoms with E-state index in [0.717, 1.165) is 25.8 Å². The Kier molecular flexibility index (Phi) is 3.42. The van der Waals surface area contributed by atoms with E-state index in [1.54, 1.807) is 6.92 Å². The van der Waals surface area contributed by atoms with Crippen LogP contribution in [0.2, 0.25) is 0 Å². The van der Waals surface area contributed by atoms with Crippen LogP contribution < -0.4 is 10.6 Å². The molecule has 0 aromatic heterocycles. The first kappa shape index (κ1) is 12.0. The molecule has 0 aromatic rings. The maximum atomic E-state index is 12.2. The number of hydrogen-bond donors (Lipinski definition) is 2. The number of imide groups is 1. The average molecular weight is 239 g/mol. The van der Waals surface area contributed by atoms with Gasteiger partial charge in [-0.05, 0) is 26.3 Å². The van der Waals surface area contributed by atoms with E-state index in [1.807, 2.05) is 0 Å². The van der Waals surface area contributed by atoms with E-state index in [4.69, 9.17) is 0 Å². The van der Waals surface area contributed by atoms with Gasteiger partial charge in [-0.1, -0.05) is 6.42 Å². The second kappa shape index (κ2) is 4.83. The summed E-state index contributed by atoms with van der Waals surface area (Å²) in [6.45, 7) is 2.44. The predicted molar refractivity (Wildman–Crippen MR) is 60.0 cm³/mol. The molecule has 6 nitrogen and oxygen atoms in total. The van der Waals surface area contributed by atoms with E-state index in [1.165, 1.54) is 4.90 Å². The fraction of sp³-hybridized carbons (Fsp3) is 0.727. The molecule has 2 saturated heterocycles. The van der Waals surface area contributed by atoms with Crippen molar-refractivity contribution in [1.82, 2.24) is 15.5 Å². The number of nitrogens with zero attached hydrogens (tertiary/aromatic N) is 1. The van der Waals surface area contributed by atoms with Gasteiger partial charge in [-0.25, -0.2) is 0 Å². The SMILES string of the molecule is CC1C(=O)NC(=O)CN1C(=O)C1CCCCN1. The van der Waals surface area contributed by atoms with Gasteiger partial charge in [-0.2, -0.15) is 0 Å². The summed E-state index contributed by atoms with van der Waals surface area (Å²) in [6.07, 6.45) is 2.85. The Bertz CT molecular complexity index is 350. The van der Waals surface area contributed by atoms with Gasteiger partial charge in [-0.3, -0.25) is 19.7 Å². The Hall–Kier alpha value is -1.43. The Morgan fingerprint density at radius 1 is 1.35 bits per heavy atom. The van der Waals surface area contributed by atoms with Crippen molar-refractivity contribution in [2.24, 2.45) is 0 Å². The normalized spacial score (nSPS) is 30.1. The smallest absolute Gasteiger partial charge is 0.249 e. The molecule has 2 aliphatic rings. The molecule has 2 aliphatic heterocycles. The van der Waals surface area contributed by atoms with Crippen LogP contribution in [-0.4, -0.2) is 47.8 Å². The summed E-state index contributed by atoms with van der Waals surface area (Å²) in [4.78, 5) is 36.3. The highest BCUT2D eigenvalue weighted by Gasteiger charge is 2.36. The Morgan fingerprint density at radius 3 is 2.76 bits per heavy atom. The molecular weight excluding hydrogens is 222 g/mol. The van der Waals surface area contributed by atoms with Crippen LogP contribution in [0, 0.1) is 0 Å². The molecule has 0 aromatic carbocycles. The van der Waals surface area contributed by atoms with Crippen LogP contribution in [0.5, 0.6) is 0 Å². The van der Waals surface area contributed by atoms with Crippen molar-refractivity contribution in [2.75, 3.05) is 13.1 Å².